The summed E-state index contributed by atoms with van der Waals surface area (Å²) >= 11 is 0. The van der Waals surface area contributed by atoms with E-state index in [2.05, 4.69) is 4.74 Å². The van der Waals surface area contributed by atoms with Crippen LogP contribution in [-0.2, 0) is 4.74 Å². The van der Waals surface area contributed by atoms with Gasteiger partial charge in [0.2, 0.25) is 0 Å². The Bertz CT molecular complexity index is 140. The lowest BCUT2D eigenvalue weighted by molar-refractivity contribution is -0.190. The van der Waals surface area contributed by atoms with Gasteiger partial charge in [0, 0.05) is 6.04 Å². The van der Waals surface area contributed by atoms with E-state index in [0.717, 1.165) is 0 Å². The average molecular weight is 201 g/mol. The van der Waals surface area contributed by atoms with E-state index in [4.69, 9.17) is 10.8 Å². The zero-order chi connectivity index (χ0) is 10.5. The van der Waals surface area contributed by atoms with Crippen molar-refractivity contribution >= 4 is 0 Å². The summed E-state index contributed by atoms with van der Waals surface area (Å²) in [6.07, 6.45) is -4.85. The summed E-state index contributed by atoms with van der Waals surface area (Å²) in [5.74, 6) is 0. The van der Waals surface area contributed by atoms with Gasteiger partial charge in [0.1, 0.15) is 6.61 Å². The molecule has 0 aromatic carbocycles. The topological polar surface area (TPSA) is 55.5 Å². The fourth-order valence-electron chi connectivity index (χ4n) is 0.776. The fourth-order valence-corrected chi connectivity index (χ4v) is 0.776. The predicted molar refractivity (Wildman–Crippen MR) is 41.1 cm³/mol. The molecular formula is C7H14F3NO2. The van der Waals surface area contributed by atoms with Gasteiger partial charge in [-0.1, -0.05) is 6.92 Å². The van der Waals surface area contributed by atoms with Crippen molar-refractivity contribution in [3.05, 3.63) is 0 Å². The first kappa shape index (κ1) is 12.7. The summed E-state index contributed by atoms with van der Waals surface area (Å²) in [5, 5.41) is 8.65. The summed E-state index contributed by atoms with van der Waals surface area (Å²) in [4.78, 5) is 0. The molecule has 0 aliphatic rings. The molecule has 0 aromatic rings. The zero-order valence-corrected chi connectivity index (χ0v) is 7.34. The minimum Gasteiger partial charge on any atom is -0.394 e. The second kappa shape index (κ2) is 5.41. The third-order valence-corrected chi connectivity index (χ3v) is 1.59. The highest BCUT2D eigenvalue weighted by Gasteiger charge is 2.30. The molecule has 0 saturated heterocycles. The molecule has 3 N–H and O–H groups in total. The van der Waals surface area contributed by atoms with E-state index < -0.39 is 31.5 Å². The summed E-state index contributed by atoms with van der Waals surface area (Å²) in [6, 6.07) is -0.563. The van der Waals surface area contributed by atoms with Crippen LogP contribution in [0, 0.1) is 0 Å². The maximum atomic E-state index is 11.7. The van der Waals surface area contributed by atoms with Crippen LogP contribution < -0.4 is 5.73 Å². The number of aliphatic hydroxyl groups is 1. The highest BCUT2D eigenvalue weighted by atomic mass is 19.4. The Labute approximate surface area is 74.7 Å². The summed E-state index contributed by atoms with van der Waals surface area (Å²) in [5.41, 5.74) is 5.40. The Morgan fingerprint density at radius 3 is 2.31 bits per heavy atom. The lowest BCUT2D eigenvalue weighted by Gasteiger charge is -2.21. The second-order valence-electron chi connectivity index (χ2n) is 2.72. The minimum atomic E-state index is -4.37. The number of aliphatic hydroxyl groups excluding tert-OH is 1. The molecule has 0 bridgehead atoms. The summed E-state index contributed by atoms with van der Waals surface area (Å²) in [6.45, 7) is -0.151. The molecule has 3 nitrogen and oxygen atoms in total. The SMILES string of the molecule is CCC(N)C(CO)OCC(F)(F)F. The molecule has 6 heteroatoms. The van der Waals surface area contributed by atoms with Crippen molar-refractivity contribution in [1.29, 1.82) is 0 Å². The first-order chi connectivity index (χ1) is 5.90. The van der Waals surface area contributed by atoms with Crippen molar-refractivity contribution in [2.45, 2.75) is 31.7 Å². The number of nitrogens with two attached hydrogens (primary N) is 1. The van der Waals surface area contributed by atoms with Crippen LogP contribution in [-0.4, -0.2) is 36.6 Å². The first-order valence-electron chi connectivity index (χ1n) is 3.95. The van der Waals surface area contributed by atoms with Gasteiger partial charge in [-0.3, -0.25) is 0 Å². The van der Waals surface area contributed by atoms with Gasteiger partial charge < -0.3 is 15.6 Å². The quantitative estimate of drug-likeness (QED) is 0.687. The lowest BCUT2D eigenvalue weighted by atomic mass is 10.1. The van der Waals surface area contributed by atoms with E-state index in [0.29, 0.717) is 6.42 Å². The van der Waals surface area contributed by atoms with E-state index >= 15 is 0 Å². The Hall–Kier alpha value is -0.330. The van der Waals surface area contributed by atoms with Crippen LogP contribution in [0.4, 0.5) is 13.2 Å². The molecule has 0 amide bonds. The highest BCUT2D eigenvalue weighted by Crippen LogP contribution is 2.16. The van der Waals surface area contributed by atoms with Crippen molar-refractivity contribution < 1.29 is 23.0 Å². The van der Waals surface area contributed by atoms with E-state index in [1.54, 1.807) is 6.92 Å². The van der Waals surface area contributed by atoms with Crippen molar-refractivity contribution in [2.24, 2.45) is 5.73 Å². The molecule has 0 radical (unpaired) electrons. The average Bonchev–Trinajstić information content (AvgIpc) is 2.03. The maximum Gasteiger partial charge on any atom is 0.411 e. The Morgan fingerprint density at radius 2 is 2.00 bits per heavy atom. The summed E-state index contributed by atoms with van der Waals surface area (Å²) < 4.78 is 39.4. The van der Waals surface area contributed by atoms with Gasteiger partial charge in [-0.25, -0.2) is 0 Å². The zero-order valence-electron chi connectivity index (χ0n) is 7.34. The molecule has 0 rings (SSSR count). The monoisotopic (exact) mass is 201 g/mol. The van der Waals surface area contributed by atoms with Gasteiger partial charge >= 0.3 is 6.18 Å². The van der Waals surface area contributed by atoms with Gasteiger partial charge in [-0.15, -0.1) is 0 Å². The summed E-state index contributed by atoms with van der Waals surface area (Å²) in [7, 11) is 0. The van der Waals surface area contributed by atoms with Crippen molar-refractivity contribution in [3.8, 4) is 0 Å². The van der Waals surface area contributed by atoms with Crippen LogP contribution >= 0.6 is 0 Å². The third-order valence-electron chi connectivity index (χ3n) is 1.59. The fraction of sp³-hybridized carbons (Fsp3) is 1.00. The maximum absolute atomic E-state index is 11.7. The highest BCUT2D eigenvalue weighted by molar-refractivity contribution is 4.71. The second-order valence-corrected chi connectivity index (χ2v) is 2.72. The number of hydrogen-bond acceptors (Lipinski definition) is 3. The molecule has 13 heavy (non-hydrogen) atoms. The van der Waals surface area contributed by atoms with E-state index in [9.17, 15) is 13.2 Å². The number of alkyl halides is 3. The van der Waals surface area contributed by atoms with Crippen LogP contribution in [0.5, 0.6) is 0 Å². The van der Waals surface area contributed by atoms with E-state index in [1.165, 1.54) is 0 Å². The molecule has 0 heterocycles. The van der Waals surface area contributed by atoms with Gasteiger partial charge in [0.25, 0.3) is 0 Å². The minimum absolute atomic E-state index is 0.461. The molecule has 80 valence electrons. The lowest BCUT2D eigenvalue weighted by Crippen LogP contribution is -2.40. The standard InChI is InChI=1S/C7H14F3NO2/c1-2-5(11)6(3-12)13-4-7(8,9)10/h5-6,12H,2-4,11H2,1H3. The van der Waals surface area contributed by atoms with Gasteiger partial charge in [0.15, 0.2) is 0 Å². The number of hydrogen-bond donors (Lipinski definition) is 2. The van der Waals surface area contributed by atoms with Crippen molar-refractivity contribution in [1.82, 2.24) is 0 Å². The molecule has 0 saturated carbocycles. The normalized spacial score (nSPS) is 17.1. The molecule has 2 atom stereocenters. The number of ether oxygens (including phenoxy) is 1. The Balaban J connectivity index is 3.85. The molecule has 0 aliphatic heterocycles. The molecule has 0 aromatic heterocycles. The smallest absolute Gasteiger partial charge is 0.394 e. The third kappa shape index (κ3) is 5.84. The Kier molecular flexibility index (Phi) is 5.27. The molecular weight excluding hydrogens is 187 g/mol. The van der Waals surface area contributed by atoms with Crippen molar-refractivity contribution in [3.63, 3.8) is 0 Å². The first-order valence-corrected chi connectivity index (χ1v) is 3.95. The predicted octanol–water partition coefficient (Wildman–Crippen LogP) is 0.663. The number of halogens is 3. The van der Waals surface area contributed by atoms with Gasteiger partial charge in [-0.05, 0) is 6.42 Å². The molecule has 0 spiro atoms. The largest absolute Gasteiger partial charge is 0.411 e. The van der Waals surface area contributed by atoms with Crippen molar-refractivity contribution in [2.75, 3.05) is 13.2 Å². The number of rotatable bonds is 5. The van der Waals surface area contributed by atoms with Crippen LogP contribution in [0.3, 0.4) is 0 Å². The van der Waals surface area contributed by atoms with Crippen LogP contribution in [0.15, 0.2) is 0 Å². The van der Waals surface area contributed by atoms with Crippen LogP contribution in [0.2, 0.25) is 0 Å². The van der Waals surface area contributed by atoms with Crippen LogP contribution in [0.1, 0.15) is 13.3 Å². The Morgan fingerprint density at radius 1 is 1.46 bits per heavy atom. The molecule has 2 unspecified atom stereocenters. The molecule has 0 fully saturated rings. The van der Waals surface area contributed by atoms with Gasteiger partial charge in [-0.2, -0.15) is 13.2 Å². The van der Waals surface area contributed by atoms with Gasteiger partial charge in [0.05, 0.1) is 12.7 Å². The molecule has 0 aliphatic carbocycles. The van der Waals surface area contributed by atoms with E-state index in [1.807, 2.05) is 0 Å². The van der Waals surface area contributed by atoms with Crippen LogP contribution in [0.25, 0.3) is 0 Å². The van der Waals surface area contributed by atoms with E-state index in [-0.39, 0.29) is 0 Å².